The average Bonchev–Trinajstić information content (AvgIpc) is 3.58. The van der Waals surface area contributed by atoms with Crippen LogP contribution in [0.15, 0.2) is 30.6 Å². The van der Waals surface area contributed by atoms with Crippen molar-refractivity contribution in [3.63, 3.8) is 0 Å². The smallest absolute Gasteiger partial charge is 0.476 e. The number of hydrogen-bond acceptors (Lipinski definition) is 14. The van der Waals surface area contributed by atoms with E-state index in [2.05, 4.69) is 15.0 Å². The molecule has 0 unspecified atom stereocenters. The highest BCUT2D eigenvalue weighted by molar-refractivity contribution is 7.98. The zero-order valence-corrected chi connectivity index (χ0v) is 25.2. The minimum Gasteiger partial charge on any atom is -0.476 e. The Bertz CT molecular complexity index is 1530. The SMILES string of the molecule is CSCCCOc1nc(N)nc2ncn([C@@H]3O[C@H](CO[P@@]4(=O)OCC[C@@H](c5cccc(Cl)c5)O4)[C@H]4OC(=O)O[C@]43C)c12. The van der Waals surface area contributed by atoms with Crippen molar-refractivity contribution in [1.82, 2.24) is 19.5 Å². The number of phosphoric ester groups is 1. The molecule has 3 aliphatic heterocycles. The Morgan fingerprint density at radius 2 is 2.19 bits per heavy atom. The maximum absolute atomic E-state index is 13.4. The summed E-state index contributed by atoms with van der Waals surface area (Å²) in [7, 11) is -4.01. The molecule has 0 bridgehead atoms. The molecule has 3 aromatic rings. The second kappa shape index (κ2) is 11.8. The molecule has 3 saturated heterocycles. The van der Waals surface area contributed by atoms with Crippen LogP contribution in [0.3, 0.4) is 0 Å². The van der Waals surface area contributed by atoms with E-state index in [1.165, 1.54) is 6.33 Å². The average molecular weight is 642 g/mol. The van der Waals surface area contributed by atoms with E-state index in [4.69, 9.17) is 49.9 Å². The Balaban J connectivity index is 1.23. The highest BCUT2D eigenvalue weighted by Crippen LogP contribution is 2.58. The first-order valence-electron chi connectivity index (χ1n) is 13.2. The van der Waals surface area contributed by atoms with Crippen molar-refractivity contribution >= 4 is 54.5 Å². The molecule has 6 atom stereocenters. The number of nitrogens with zero attached hydrogens (tertiary/aromatic N) is 4. The van der Waals surface area contributed by atoms with Crippen LogP contribution < -0.4 is 10.5 Å². The van der Waals surface area contributed by atoms with Crippen LogP contribution in [0.2, 0.25) is 5.02 Å². The number of thioether (sulfide) groups is 1. The Hall–Kier alpha value is -2.65. The van der Waals surface area contributed by atoms with E-state index in [1.807, 2.05) is 12.3 Å². The van der Waals surface area contributed by atoms with E-state index in [-0.39, 0.29) is 30.7 Å². The van der Waals surface area contributed by atoms with Crippen LogP contribution in [0, 0.1) is 0 Å². The summed E-state index contributed by atoms with van der Waals surface area (Å²) in [6, 6.07) is 7.08. The quantitative estimate of drug-likeness (QED) is 0.184. The Morgan fingerprint density at radius 3 is 3.00 bits per heavy atom. The van der Waals surface area contributed by atoms with Crippen molar-refractivity contribution in [2.75, 3.05) is 37.6 Å². The first-order chi connectivity index (χ1) is 20.2. The third kappa shape index (κ3) is 5.66. The van der Waals surface area contributed by atoms with Gasteiger partial charge in [0, 0.05) is 11.4 Å². The summed E-state index contributed by atoms with van der Waals surface area (Å²) in [6.07, 6.45) is 0.521. The van der Waals surface area contributed by atoms with Crippen molar-refractivity contribution < 1.29 is 41.9 Å². The molecule has 1 aromatic carbocycles. The zero-order chi connectivity index (χ0) is 29.5. The summed E-state index contributed by atoms with van der Waals surface area (Å²) in [6.45, 7) is 1.91. The van der Waals surface area contributed by atoms with Crippen molar-refractivity contribution in [2.45, 2.75) is 49.9 Å². The summed E-state index contributed by atoms with van der Waals surface area (Å²) in [4.78, 5) is 25.2. The summed E-state index contributed by atoms with van der Waals surface area (Å²) in [5.74, 6) is 1.12. The number of ether oxygens (including phenoxy) is 4. The normalized spacial score (nSPS) is 30.7. The number of anilines is 1. The summed E-state index contributed by atoms with van der Waals surface area (Å²) >= 11 is 7.82. The number of carbonyl (C=O) groups is 1. The molecule has 226 valence electrons. The first kappa shape index (κ1) is 29.4. The molecular formula is C25H29ClN5O9PS. The van der Waals surface area contributed by atoms with Crippen LogP contribution >= 0.6 is 31.2 Å². The van der Waals surface area contributed by atoms with Crippen LogP contribution in [0.5, 0.6) is 5.88 Å². The van der Waals surface area contributed by atoms with Gasteiger partial charge < -0.3 is 24.7 Å². The molecule has 0 amide bonds. The molecule has 0 spiro atoms. The number of nitrogens with two attached hydrogens (primary N) is 1. The van der Waals surface area contributed by atoms with Crippen LogP contribution in [0.25, 0.3) is 11.2 Å². The van der Waals surface area contributed by atoms with Crippen molar-refractivity contribution in [3.8, 4) is 5.88 Å². The third-order valence-corrected chi connectivity index (χ3v) is 9.53. The largest absolute Gasteiger partial charge is 0.509 e. The van der Waals surface area contributed by atoms with Gasteiger partial charge in [-0.25, -0.2) is 14.3 Å². The van der Waals surface area contributed by atoms with E-state index in [0.717, 1.165) is 17.7 Å². The van der Waals surface area contributed by atoms with E-state index in [0.29, 0.717) is 23.6 Å². The van der Waals surface area contributed by atoms with Crippen molar-refractivity contribution in [3.05, 3.63) is 41.2 Å². The number of phosphoric acid groups is 1. The molecule has 42 heavy (non-hydrogen) atoms. The number of carbonyl (C=O) groups excluding carboxylic acids is 1. The van der Waals surface area contributed by atoms with Gasteiger partial charge in [-0.2, -0.15) is 21.7 Å². The van der Waals surface area contributed by atoms with Gasteiger partial charge in [0.05, 0.1) is 25.9 Å². The number of hydrogen-bond donors (Lipinski definition) is 1. The second-order valence-corrected chi connectivity index (χ2v) is 13.1. The molecule has 2 aromatic heterocycles. The fourth-order valence-electron chi connectivity index (χ4n) is 5.22. The lowest BCUT2D eigenvalue weighted by atomic mass is 9.96. The Labute approximate surface area is 250 Å². The maximum atomic E-state index is 13.4. The predicted octanol–water partition coefficient (Wildman–Crippen LogP) is 4.69. The fourth-order valence-corrected chi connectivity index (χ4v) is 7.22. The lowest BCUT2D eigenvalue weighted by Crippen LogP contribution is -2.42. The number of rotatable bonds is 10. The van der Waals surface area contributed by atoms with Crippen LogP contribution in [-0.2, 0) is 32.3 Å². The summed E-state index contributed by atoms with van der Waals surface area (Å²) in [5.41, 5.74) is 6.01. The van der Waals surface area contributed by atoms with Gasteiger partial charge in [-0.1, -0.05) is 23.7 Å². The Kier molecular flexibility index (Phi) is 8.26. The lowest BCUT2D eigenvalue weighted by Gasteiger charge is -2.30. The Morgan fingerprint density at radius 1 is 1.33 bits per heavy atom. The fraction of sp³-hybridized carbons (Fsp3) is 0.520. The molecule has 0 saturated carbocycles. The van der Waals surface area contributed by atoms with Crippen LogP contribution in [-0.4, -0.2) is 75.3 Å². The van der Waals surface area contributed by atoms with Gasteiger partial charge in [-0.15, -0.1) is 0 Å². The van der Waals surface area contributed by atoms with E-state index in [9.17, 15) is 9.36 Å². The number of imidazole rings is 1. The number of halogens is 1. The van der Waals surface area contributed by atoms with Crippen molar-refractivity contribution in [1.29, 1.82) is 0 Å². The molecule has 17 heteroatoms. The van der Waals surface area contributed by atoms with Gasteiger partial charge in [0.25, 0.3) is 0 Å². The molecule has 0 radical (unpaired) electrons. The van der Waals surface area contributed by atoms with E-state index < -0.39 is 44.1 Å². The molecule has 3 aliphatic rings. The maximum Gasteiger partial charge on any atom is 0.509 e. The van der Waals surface area contributed by atoms with Crippen LogP contribution in [0.1, 0.15) is 37.7 Å². The topological polar surface area (TPSA) is 168 Å². The van der Waals surface area contributed by atoms with Crippen molar-refractivity contribution in [2.24, 2.45) is 0 Å². The molecule has 6 rings (SSSR count). The van der Waals surface area contributed by atoms with E-state index in [1.54, 1.807) is 41.5 Å². The predicted molar refractivity (Wildman–Crippen MR) is 151 cm³/mol. The molecule has 3 fully saturated rings. The zero-order valence-electron chi connectivity index (χ0n) is 22.7. The van der Waals surface area contributed by atoms with E-state index >= 15 is 0 Å². The van der Waals surface area contributed by atoms with Gasteiger partial charge in [-0.3, -0.25) is 18.1 Å². The monoisotopic (exact) mass is 641 g/mol. The minimum absolute atomic E-state index is 0.000722. The molecule has 5 heterocycles. The molecule has 2 N–H and O–H groups in total. The summed E-state index contributed by atoms with van der Waals surface area (Å²) < 4.78 is 55.3. The minimum atomic E-state index is -4.01. The van der Waals surface area contributed by atoms with Gasteiger partial charge in [-0.05, 0) is 43.0 Å². The molecule has 14 nitrogen and oxygen atoms in total. The number of fused-ring (bicyclic) bond motifs is 2. The van der Waals surface area contributed by atoms with Gasteiger partial charge in [0.1, 0.15) is 12.4 Å². The second-order valence-electron chi connectivity index (χ2n) is 10.0. The standard InChI is InChI=1S/C25H29ClN5O9PS/c1-25-19(38-24(32)39-25)17(12-36-41(33)35-9-7-16(40-41)14-5-3-6-15(26)11-14)37-22(25)31-13-28-20-18(31)21(30-23(27)29-20)34-8-4-10-42-2/h3,5-6,11,13,16-17,19,22H,4,7-10,12H2,1-2H3,(H2,27,29,30)/t16-,17+,19+,22+,25+,41+/m0/s1. The van der Waals surface area contributed by atoms with Gasteiger partial charge in [0.2, 0.25) is 11.8 Å². The highest BCUT2D eigenvalue weighted by atomic mass is 35.5. The van der Waals surface area contributed by atoms with Gasteiger partial charge in [0.15, 0.2) is 29.1 Å². The number of aromatic nitrogens is 4. The lowest BCUT2D eigenvalue weighted by molar-refractivity contribution is -0.0924. The summed E-state index contributed by atoms with van der Waals surface area (Å²) in [5, 5.41) is 0.528. The number of nitrogen functional groups attached to an aromatic ring is 1. The molecule has 0 aliphatic carbocycles. The van der Waals surface area contributed by atoms with Gasteiger partial charge >= 0.3 is 14.0 Å². The number of benzene rings is 1. The first-order valence-corrected chi connectivity index (χ1v) is 16.4. The molecular weight excluding hydrogens is 613 g/mol. The third-order valence-electron chi connectivity index (χ3n) is 7.12. The highest BCUT2D eigenvalue weighted by Gasteiger charge is 2.64. The van der Waals surface area contributed by atoms with Crippen LogP contribution in [0.4, 0.5) is 10.7 Å².